The largest absolute Gasteiger partial charge is 0.373 e. The smallest absolute Gasteiger partial charge is 0.0835 e. The standard InChI is InChI=1S/C12H14Br2O/c1-8-7-15-12(6-11(8)14)9-2-4-10(13)5-3-9/h2-5,8,11-12H,6-7H2,1H3. The summed E-state index contributed by atoms with van der Waals surface area (Å²) in [4.78, 5) is 0.569. The van der Waals surface area contributed by atoms with E-state index in [4.69, 9.17) is 4.74 Å². The molecule has 0 spiro atoms. The monoisotopic (exact) mass is 332 g/mol. The van der Waals surface area contributed by atoms with Gasteiger partial charge in [-0.15, -0.1) is 0 Å². The maximum atomic E-state index is 5.84. The Bertz CT molecular complexity index is 323. The highest BCUT2D eigenvalue weighted by Gasteiger charge is 2.27. The Morgan fingerprint density at radius 2 is 1.93 bits per heavy atom. The minimum absolute atomic E-state index is 0.249. The molecule has 0 bridgehead atoms. The van der Waals surface area contributed by atoms with E-state index in [0.717, 1.165) is 17.5 Å². The summed E-state index contributed by atoms with van der Waals surface area (Å²) in [7, 11) is 0. The second-order valence-corrected chi connectivity index (χ2v) is 6.19. The molecule has 1 aliphatic rings. The van der Waals surface area contributed by atoms with Crippen LogP contribution in [0.25, 0.3) is 0 Å². The van der Waals surface area contributed by atoms with Crippen molar-refractivity contribution in [2.24, 2.45) is 5.92 Å². The van der Waals surface area contributed by atoms with Gasteiger partial charge in [0, 0.05) is 9.30 Å². The third kappa shape index (κ3) is 2.83. The molecular weight excluding hydrogens is 320 g/mol. The van der Waals surface area contributed by atoms with E-state index in [1.54, 1.807) is 0 Å². The first-order valence-corrected chi connectivity index (χ1v) is 6.89. The summed E-state index contributed by atoms with van der Waals surface area (Å²) in [5.74, 6) is 0.608. The molecule has 0 amide bonds. The van der Waals surface area contributed by atoms with Crippen molar-refractivity contribution in [3.05, 3.63) is 34.3 Å². The third-order valence-electron chi connectivity index (χ3n) is 2.86. The SMILES string of the molecule is CC1COC(c2ccc(Br)cc2)CC1Br. The predicted molar refractivity (Wildman–Crippen MR) is 69.3 cm³/mol. The number of rotatable bonds is 1. The molecule has 1 saturated heterocycles. The van der Waals surface area contributed by atoms with E-state index < -0.39 is 0 Å². The van der Waals surface area contributed by atoms with E-state index in [-0.39, 0.29) is 6.10 Å². The molecule has 0 saturated carbocycles. The molecule has 82 valence electrons. The molecule has 1 aromatic carbocycles. The second-order valence-electron chi connectivity index (χ2n) is 4.10. The number of halogens is 2. The lowest BCUT2D eigenvalue weighted by Crippen LogP contribution is -2.27. The summed E-state index contributed by atoms with van der Waals surface area (Å²) >= 11 is 7.16. The quantitative estimate of drug-likeness (QED) is 0.696. The Hall–Kier alpha value is 0.140. The van der Waals surface area contributed by atoms with Gasteiger partial charge in [-0.3, -0.25) is 0 Å². The lowest BCUT2D eigenvalue weighted by molar-refractivity contribution is -0.00763. The van der Waals surface area contributed by atoms with Crippen LogP contribution < -0.4 is 0 Å². The maximum absolute atomic E-state index is 5.84. The van der Waals surface area contributed by atoms with Gasteiger partial charge >= 0.3 is 0 Å². The molecule has 15 heavy (non-hydrogen) atoms. The summed E-state index contributed by atoms with van der Waals surface area (Å²) in [6.45, 7) is 3.06. The molecule has 2 rings (SSSR count). The lowest BCUT2D eigenvalue weighted by Gasteiger charge is -2.31. The molecule has 3 atom stereocenters. The topological polar surface area (TPSA) is 9.23 Å². The average Bonchev–Trinajstić information content (AvgIpc) is 2.23. The van der Waals surface area contributed by atoms with Crippen molar-refractivity contribution in [2.45, 2.75) is 24.3 Å². The number of hydrogen-bond donors (Lipinski definition) is 0. The fourth-order valence-electron chi connectivity index (χ4n) is 1.79. The summed E-state index contributed by atoms with van der Waals surface area (Å²) < 4.78 is 6.96. The van der Waals surface area contributed by atoms with Crippen molar-refractivity contribution in [1.29, 1.82) is 0 Å². The number of alkyl halides is 1. The minimum atomic E-state index is 0.249. The van der Waals surface area contributed by atoms with Crippen LogP contribution >= 0.6 is 31.9 Å². The van der Waals surface area contributed by atoms with Crippen molar-refractivity contribution < 1.29 is 4.74 Å². The first kappa shape index (κ1) is 11.6. The number of hydrogen-bond acceptors (Lipinski definition) is 1. The van der Waals surface area contributed by atoms with Crippen LogP contribution in [0, 0.1) is 5.92 Å². The van der Waals surface area contributed by atoms with Crippen LogP contribution in [-0.4, -0.2) is 11.4 Å². The highest BCUT2D eigenvalue weighted by atomic mass is 79.9. The molecule has 1 aliphatic heterocycles. The molecule has 0 radical (unpaired) electrons. The van der Waals surface area contributed by atoms with Gasteiger partial charge in [0.1, 0.15) is 0 Å². The first-order valence-electron chi connectivity index (χ1n) is 5.18. The molecule has 0 N–H and O–H groups in total. The Balaban J connectivity index is 2.08. The summed E-state index contributed by atoms with van der Waals surface area (Å²) in [5, 5.41) is 0. The Morgan fingerprint density at radius 3 is 2.53 bits per heavy atom. The van der Waals surface area contributed by atoms with Crippen LogP contribution in [-0.2, 0) is 4.74 Å². The van der Waals surface area contributed by atoms with Crippen molar-refractivity contribution in [3.8, 4) is 0 Å². The van der Waals surface area contributed by atoms with Crippen LogP contribution in [0.1, 0.15) is 25.0 Å². The minimum Gasteiger partial charge on any atom is -0.373 e. The van der Waals surface area contributed by atoms with Crippen LogP contribution in [0.5, 0.6) is 0 Å². The average molecular weight is 334 g/mol. The van der Waals surface area contributed by atoms with E-state index >= 15 is 0 Å². The fourth-order valence-corrected chi connectivity index (χ4v) is 2.54. The van der Waals surface area contributed by atoms with E-state index in [9.17, 15) is 0 Å². The third-order valence-corrected chi connectivity index (χ3v) is 4.66. The van der Waals surface area contributed by atoms with Gasteiger partial charge in [-0.25, -0.2) is 0 Å². The molecule has 3 unspecified atom stereocenters. The number of benzene rings is 1. The van der Waals surface area contributed by atoms with Gasteiger partial charge in [-0.1, -0.05) is 50.9 Å². The van der Waals surface area contributed by atoms with Gasteiger partial charge < -0.3 is 4.74 Å². The van der Waals surface area contributed by atoms with Crippen LogP contribution in [0.4, 0.5) is 0 Å². The zero-order valence-electron chi connectivity index (χ0n) is 8.62. The Morgan fingerprint density at radius 1 is 1.27 bits per heavy atom. The van der Waals surface area contributed by atoms with E-state index in [0.29, 0.717) is 10.7 Å². The van der Waals surface area contributed by atoms with Gasteiger partial charge in [0.15, 0.2) is 0 Å². The van der Waals surface area contributed by atoms with Crippen LogP contribution in [0.3, 0.4) is 0 Å². The molecule has 1 nitrogen and oxygen atoms in total. The zero-order valence-corrected chi connectivity index (χ0v) is 11.8. The van der Waals surface area contributed by atoms with Crippen LogP contribution in [0.15, 0.2) is 28.7 Å². The van der Waals surface area contributed by atoms with Gasteiger partial charge in [-0.05, 0) is 30.0 Å². The van der Waals surface area contributed by atoms with Gasteiger partial charge in [0.2, 0.25) is 0 Å². The Kier molecular flexibility index (Phi) is 3.86. The molecule has 3 heteroatoms. The zero-order chi connectivity index (χ0) is 10.8. The summed E-state index contributed by atoms with van der Waals surface area (Å²) in [5.41, 5.74) is 1.27. The normalized spacial score (nSPS) is 31.5. The molecule has 0 aliphatic carbocycles. The van der Waals surface area contributed by atoms with E-state index in [1.807, 2.05) is 0 Å². The highest BCUT2D eigenvalue weighted by molar-refractivity contribution is 9.10. The van der Waals surface area contributed by atoms with Crippen molar-refractivity contribution in [1.82, 2.24) is 0 Å². The first-order chi connectivity index (χ1) is 7.16. The van der Waals surface area contributed by atoms with Crippen molar-refractivity contribution in [3.63, 3.8) is 0 Å². The van der Waals surface area contributed by atoms with Crippen LogP contribution in [0.2, 0.25) is 0 Å². The highest BCUT2D eigenvalue weighted by Crippen LogP contribution is 2.34. The molecule has 1 heterocycles. The second kappa shape index (κ2) is 4.98. The van der Waals surface area contributed by atoms with E-state index in [1.165, 1.54) is 5.56 Å². The summed E-state index contributed by atoms with van der Waals surface area (Å²) in [6.07, 6.45) is 1.31. The van der Waals surface area contributed by atoms with Crippen molar-refractivity contribution >= 4 is 31.9 Å². The molecular formula is C12H14Br2O. The van der Waals surface area contributed by atoms with E-state index in [2.05, 4.69) is 63.0 Å². The number of ether oxygens (including phenoxy) is 1. The molecule has 1 aromatic rings. The van der Waals surface area contributed by atoms with Crippen molar-refractivity contribution in [2.75, 3.05) is 6.61 Å². The molecule has 0 aromatic heterocycles. The predicted octanol–water partition coefficient (Wildman–Crippen LogP) is 4.31. The van der Waals surface area contributed by atoms with Gasteiger partial charge in [0.05, 0.1) is 12.7 Å². The fraction of sp³-hybridized carbons (Fsp3) is 0.500. The van der Waals surface area contributed by atoms with Gasteiger partial charge in [-0.2, -0.15) is 0 Å². The van der Waals surface area contributed by atoms with Gasteiger partial charge in [0.25, 0.3) is 0 Å². The molecule has 1 fully saturated rings. The maximum Gasteiger partial charge on any atom is 0.0835 e. The summed E-state index contributed by atoms with van der Waals surface area (Å²) in [6, 6.07) is 8.40. The Labute approximate surface area is 107 Å². The lowest BCUT2D eigenvalue weighted by atomic mass is 9.96.